The van der Waals surface area contributed by atoms with Crippen molar-refractivity contribution in [1.82, 2.24) is 10.6 Å². The molecule has 0 aromatic rings. The first-order valence-electron chi connectivity index (χ1n) is 7.46. The Balaban J connectivity index is 2.06. The molecule has 1 aliphatic rings. The van der Waals surface area contributed by atoms with E-state index in [4.69, 9.17) is 0 Å². The maximum Gasteiger partial charge on any atom is 0.000263 e. The van der Waals surface area contributed by atoms with Gasteiger partial charge in [-0.15, -0.1) is 0 Å². The van der Waals surface area contributed by atoms with Gasteiger partial charge in [0.25, 0.3) is 0 Å². The molecule has 102 valence electrons. The Kier molecular flexibility index (Phi) is 6.50. The van der Waals surface area contributed by atoms with Crippen LogP contribution in [0.4, 0.5) is 0 Å². The largest absolute Gasteiger partial charge is 0.316 e. The molecule has 0 aromatic heterocycles. The summed E-state index contributed by atoms with van der Waals surface area (Å²) in [5, 5.41) is 7.03. The van der Waals surface area contributed by atoms with Crippen molar-refractivity contribution in [2.75, 3.05) is 26.2 Å². The maximum atomic E-state index is 3.67. The molecule has 1 heterocycles. The third-order valence-electron chi connectivity index (χ3n) is 4.14. The predicted octanol–water partition coefficient (Wildman–Crippen LogP) is 3.04. The highest BCUT2D eigenvalue weighted by Gasteiger charge is 2.24. The van der Waals surface area contributed by atoms with Gasteiger partial charge in [0.05, 0.1) is 0 Å². The van der Waals surface area contributed by atoms with E-state index in [1.165, 1.54) is 51.9 Å². The van der Waals surface area contributed by atoms with Crippen LogP contribution in [0.3, 0.4) is 0 Å². The SMILES string of the molecule is CCCCCC(C)(C)CNCC(C)C1CNC1. The van der Waals surface area contributed by atoms with Crippen molar-refractivity contribution in [3.8, 4) is 0 Å². The fourth-order valence-electron chi connectivity index (χ4n) is 2.46. The fourth-order valence-corrected chi connectivity index (χ4v) is 2.46. The van der Waals surface area contributed by atoms with E-state index in [1.807, 2.05) is 0 Å². The summed E-state index contributed by atoms with van der Waals surface area (Å²) in [7, 11) is 0. The number of unbranched alkanes of at least 4 members (excludes halogenated alkanes) is 2. The van der Waals surface area contributed by atoms with Gasteiger partial charge in [-0.1, -0.05) is 47.0 Å². The third kappa shape index (κ3) is 5.87. The maximum absolute atomic E-state index is 3.67. The van der Waals surface area contributed by atoms with Gasteiger partial charge >= 0.3 is 0 Å². The quantitative estimate of drug-likeness (QED) is 0.605. The van der Waals surface area contributed by atoms with Crippen LogP contribution in [0.25, 0.3) is 0 Å². The summed E-state index contributed by atoms with van der Waals surface area (Å²) in [6.07, 6.45) is 5.45. The molecule has 1 atom stereocenters. The van der Waals surface area contributed by atoms with Gasteiger partial charge < -0.3 is 10.6 Å². The number of nitrogens with one attached hydrogen (secondary N) is 2. The zero-order chi connectivity index (χ0) is 12.7. The van der Waals surface area contributed by atoms with E-state index in [9.17, 15) is 0 Å². The lowest BCUT2D eigenvalue weighted by molar-refractivity contribution is 0.228. The highest BCUT2D eigenvalue weighted by atomic mass is 15.0. The Hall–Kier alpha value is -0.0800. The van der Waals surface area contributed by atoms with Crippen molar-refractivity contribution >= 4 is 0 Å². The van der Waals surface area contributed by atoms with Crippen LogP contribution in [-0.4, -0.2) is 26.2 Å². The molecule has 0 aliphatic carbocycles. The fraction of sp³-hybridized carbons (Fsp3) is 1.00. The van der Waals surface area contributed by atoms with E-state index in [0.717, 1.165) is 11.8 Å². The monoisotopic (exact) mass is 240 g/mol. The van der Waals surface area contributed by atoms with Crippen molar-refractivity contribution in [3.05, 3.63) is 0 Å². The lowest BCUT2D eigenvalue weighted by atomic mass is 9.85. The molecule has 0 aromatic carbocycles. The molecule has 2 heteroatoms. The zero-order valence-electron chi connectivity index (χ0n) is 12.3. The summed E-state index contributed by atoms with van der Waals surface area (Å²) in [4.78, 5) is 0. The Morgan fingerprint density at radius 2 is 2.00 bits per heavy atom. The molecule has 1 unspecified atom stereocenters. The summed E-state index contributed by atoms with van der Waals surface area (Å²) in [5.74, 6) is 1.73. The van der Waals surface area contributed by atoms with Crippen molar-refractivity contribution in [3.63, 3.8) is 0 Å². The van der Waals surface area contributed by atoms with Gasteiger partial charge in [-0.2, -0.15) is 0 Å². The van der Waals surface area contributed by atoms with Gasteiger partial charge in [0, 0.05) is 6.54 Å². The van der Waals surface area contributed by atoms with Gasteiger partial charge in [0.2, 0.25) is 0 Å². The molecule has 17 heavy (non-hydrogen) atoms. The molecule has 0 bridgehead atoms. The minimum atomic E-state index is 0.465. The molecule has 1 aliphatic heterocycles. The Labute approximate surface area is 108 Å². The van der Waals surface area contributed by atoms with E-state index in [0.29, 0.717) is 5.41 Å². The Morgan fingerprint density at radius 3 is 2.53 bits per heavy atom. The average Bonchev–Trinajstić information content (AvgIpc) is 2.14. The van der Waals surface area contributed by atoms with Crippen LogP contribution >= 0.6 is 0 Å². The summed E-state index contributed by atoms with van der Waals surface area (Å²) in [6, 6.07) is 0. The highest BCUT2D eigenvalue weighted by molar-refractivity contribution is 4.81. The second-order valence-electron chi connectivity index (χ2n) is 6.65. The van der Waals surface area contributed by atoms with Crippen molar-refractivity contribution in [2.45, 2.75) is 53.4 Å². The molecular formula is C15H32N2. The predicted molar refractivity (Wildman–Crippen MR) is 76.3 cm³/mol. The molecule has 1 rings (SSSR count). The lowest BCUT2D eigenvalue weighted by Gasteiger charge is -2.34. The van der Waals surface area contributed by atoms with Crippen LogP contribution < -0.4 is 10.6 Å². The highest BCUT2D eigenvalue weighted by Crippen LogP contribution is 2.23. The Bertz CT molecular complexity index is 197. The van der Waals surface area contributed by atoms with Crippen LogP contribution in [0, 0.1) is 17.3 Å². The molecule has 1 saturated heterocycles. The van der Waals surface area contributed by atoms with Gasteiger partial charge in [-0.25, -0.2) is 0 Å². The third-order valence-corrected chi connectivity index (χ3v) is 4.14. The minimum absolute atomic E-state index is 0.465. The van der Waals surface area contributed by atoms with Crippen LogP contribution in [0.1, 0.15) is 53.4 Å². The van der Waals surface area contributed by atoms with E-state index in [1.54, 1.807) is 0 Å². The van der Waals surface area contributed by atoms with E-state index in [2.05, 4.69) is 38.3 Å². The Morgan fingerprint density at radius 1 is 1.29 bits per heavy atom. The molecule has 2 N–H and O–H groups in total. The van der Waals surface area contributed by atoms with E-state index < -0.39 is 0 Å². The van der Waals surface area contributed by atoms with Gasteiger partial charge in [-0.05, 0) is 43.3 Å². The number of rotatable bonds is 9. The molecular weight excluding hydrogens is 208 g/mol. The summed E-state index contributed by atoms with van der Waals surface area (Å²) in [5.41, 5.74) is 0.465. The van der Waals surface area contributed by atoms with Crippen LogP contribution in [0.5, 0.6) is 0 Å². The van der Waals surface area contributed by atoms with E-state index in [-0.39, 0.29) is 0 Å². The van der Waals surface area contributed by atoms with Crippen LogP contribution in [-0.2, 0) is 0 Å². The molecule has 0 amide bonds. The molecule has 1 fully saturated rings. The number of hydrogen-bond acceptors (Lipinski definition) is 2. The summed E-state index contributed by atoms with van der Waals surface area (Å²) >= 11 is 0. The standard InChI is InChI=1S/C15H32N2/c1-5-6-7-8-15(3,4)12-17-9-13(2)14-10-16-11-14/h13-14,16-17H,5-12H2,1-4H3. The lowest BCUT2D eigenvalue weighted by Crippen LogP contribution is -2.48. The van der Waals surface area contributed by atoms with E-state index >= 15 is 0 Å². The first-order chi connectivity index (χ1) is 8.05. The first kappa shape index (κ1) is 15.0. The average molecular weight is 240 g/mol. The van der Waals surface area contributed by atoms with Crippen molar-refractivity contribution in [1.29, 1.82) is 0 Å². The molecule has 0 radical (unpaired) electrons. The summed E-state index contributed by atoms with van der Waals surface area (Å²) < 4.78 is 0. The zero-order valence-corrected chi connectivity index (χ0v) is 12.3. The number of hydrogen-bond donors (Lipinski definition) is 2. The van der Waals surface area contributed by atoms with Gasteiger partial charge in [0.1, 0.15) is 0 Å². The normalized spacial score (nSPS) is 19.1. The molecule has 0 spiro atoms. The summed E-state index contributed by atoms with van der Waals surface area (Å²) in [6.45, 7) is 14.2. The van der Waals surface area contributed by atoms with Crippen LogP contribution in [0.15, 0.2) is 0 Å². The minimum Gasteiger partial charge on any atom is -0.316 e. The smallest absolute Gasteiger partial charge is 0.000263 e. The molecule has 0 saturated carbocycles. The second kappa shape index (κ2) is 7.38. The topological polar surface area (TPSA) is 24.1 Å². The first-order valence-corrected chi connectivity index (χ1v) is 7.46. The molecule has 2 nitrogen and oxygen atoms in total. The van der Waals surface area contributed by atoms with Gasteiger partial charge in [-0.3, -0.25) is 0 Å². The second-order valence-corrected chi connectivity index (χ2v) is 6.65. The van der Waals surface area contributed by atoms with Crippen molar-refractivity contribution < 1.29 is 0 Å². The van der Waals surface area contributed by atoms with Crippen LogP contribution in [0.2, 0.25) is 0 Å². The van der Waals surface area contributed by atoms with Crippen molar-refractivity contribution in [2.24, 2.45) is 17.3 Å². The van der Waals surface area contributed by atoms with Gasteiger partial charge in [0.15, 0.2) is 0 Å².